The van der Waals surface area contributed by atoms with Gasteiger partial charge in [0.15, 0.2) is 5.84 Å². The summed E-state index contributed by atoms with van der Waals surface area (Å²) in [6.07, 6.45) is 0.515. The first-order chi connectivity index (χ1) is 6.25. The highest BCUT2D eigenvalue weighted by Gasteiger charge is 2.28. The lowest BCUT2D eigenvalue weighted by molar-refractivity contribution is 0.312. The number of hydrogen-bond acceptors (Lipinski definition) is 4. The molecular formula is C7H17N3O3S. The van der Waals surface area contributed by atoms with Crippen LogP contribution in [0.1, 0.15) is 27.2 Å². The van der Waals surface area contributed by atoms with Crippen molar-refractivity contribution in [2.75, 3.05) is 5.75 Å². The zero-order valence-electron chi connectivity index (χ0n) is 8.61. The van der Waals surface area contributed by atoms with Gasteiger partial charge in [-0.15, -0.1) is 0 Å². The van der Waals surface area contributed by atoms with E-state index in [1.54, 1.807) is 6.92 Å². The summed E-state index contributed by atoms with van der Waals surface area (Å²) in [7, 11) is -3.37. The van der Waals surface area contributed by atoms with E-state index in [1.165, 1.54) is 13.8 Å². The fourth-order valence-corrected chi connectivity index (χ4v) is 2.41. The molecule has 0 saturated heterocycles. The standard InChI is InChI=1S/C7H17N3O3S/c1-4-5-14(12,13)10-7(2,3)6(8)9-11/h10-11H,4-5H2,1-3H3,(H2,8,9). The number of nitrogens with one attached hydrogen (secondary N) is 1. The summed E-state index contributed by atoms with van der Waals surface area (Å²) in [5.74, 6) is -0.146. The Morgan fingerprint density at radius 1 is 1.57 bits per heavy atom. The van der Waals surface area contributed by atoms with Crippen molar-refractivity contribution < 1.29 is 13.6 Å². The van der Waals surface area contributed by atoms with Gasteiger partial charge >= 0.3 is 0 Å². The summed E-state index contributed by atoms with van der Waals surface area (Å²) in [5.41, 5.74) is 4.26. The fourth-order valence-electron chi connectivity index (χ4n) is 0.886. The number of nitrogens with zero attached hydrogens (tertiary/aromatic N) is 1. The molecule has 84 valence electrons. The van der Waals surface area contributed by atoms with Gasteiger partial charge < -0.3 is 10.9 Å². The lowest BCUT2D eigenvalue weighted by Gasteiger charge is -2.23. The highest BCUT2D eigenvalue weighted by molar-refractivity contribution is 7.89. The Morgan fingerprint density at radius 3 is 2.43 bits per heavy atom. The van der Waals surface area contributed by atoms with Crippen molar-refractivity contribution >= 4 is 15.9 Å². The summed E-state index contributed by atoms with van der Waals surface area (Å²) < 4.78 is 25.1. The number of rotatable bonds is 5. The normalized spacial score (nSPS) is 14.4. The second-order valence-corrected chi connectivity index (χ2v) is 5.37. The maximum atomic E-state index is 11.4. The van der Waals surface area contributed by atoms with E-state index in [9.17, 15) is 8.42 Å². The third-order valence-electron chi connectivity index (χ3n) is 1.63. The highest BCUT2D eigenvalue weighted by Crippen LogP contribution is 2.05. The quantitative estimate of drug-likeness (QED) is 0.261. The van der Waals surface area contributed by atoms with Gasteiger partial charge in [-0.25, -0.2) is 13.1 Å². The molecule has 0 bridgehead atoms. The van der Waals surface area contributed by atoms with Crippen LogP contribution in [-0.4, -0.2) is 30.8 Å². The molecule has 6 nitrogen and oxygen atoms in total. The van der Waals surface area contributed by atoms with Crippen molar-refractivity contribution in [3.05, 3.63) is 0 Å². The summed E-state index contributed by atoms with van der Waals surface area (Å²) in [4.78, 5) is 0. The van der Waals surface area contributed by atoms with Crippen LogP contribution in [-0.2, 0) is 10.0 Å². The van der Waals surface area contributed by atoms with Crippen LogP contribution in [0.3, 0.4) is 0 Å². The largest absolute Gasteiger partial charge is 0.409 e. The van der Waals surface area contributed by atoms with E-state index in [2.05, 4.69) is 9.88 Å². The number of nitrogens with two attached hydrogens (primary N) is 1. The predicted molar refractivity (Wildman–Crippen MR) is 54.7 cm³/mol. The first-order valence-electron chi connectivity index (χ1n) is 4.25. The minimum Gasteiger partial charge on any atom is -0.409 e. The minimum atomic E-state index is -3.37. The number of amidine groups is 1. The van der Waals surface area contributed by atoms with Gasteiger partial charge in [-0.2, -0.15) is 0 Å². The van der Waals surface area contributed by atoms with E-state index in [4.69, 9.17) is 10.9 Å². The van der Waals surface area contributed by atoms with E-state index in [1.807, 2.05) is 0 Å². The molecule has 0 aromatic rings. The first kappa shape index (κ1) is 13.2. The summed E-state index contributed by atoms with van der Waals surface area (Å²) >= 11 is 0. The Balaban J connectivity index is 4.67. The molecule has 0 aromatic heterocycles. The SMILES string of the molecule is CCCS(=O)(=O)NC(C)(C)/C(N)=N/O. The third-order valence-corrected chi connectivity index (χ3v) is 3.40. The van der Waals surface area contributed by atoms with Crippen LogP contribution < -0.4 is 10.5 Å². The zero-order valence-corrected chi connectivity index (χ0v) is 9.43. The Bertz CT molecular complexity index is 308. The molecule has 0 radical (unpaired) electrons. The molecule has 0 rings (SSSR count). The molecule has 14 heavy (non-hydrogen) atoms. The van der Waals surface area contributed by atoms with Gasteiger partial charge in [-0.05, 0) is 20.3 Å². The molecule has 0 saturated carbocycles. The summed E-state index contributed by atoms with van der Waals surface area (Å²) in [6.45, 7) is 4.81. The maximum absolute atomic E-state index is 11.4. The Labute approximate surface area is 84.2 Å². The average Bonchev–Trinajstić information content (AvgIpc) is 2.00. The van der Waals surface area contributed by atoms with E-state index in [-0.39, 0.29) is 11.6 Å². The van der Waals surface area contributed by atoms with Crippen LogP contribution in [0.5, 0.6) is 0 Å². The Hall–Kier alpha value is -0.820. The number of sulfonamides is 1. The molecule has 0 unspecified atom stereocenters. The molecule has 0 heterocycles. The van der Waals surface area contributed by atoms with Crippen LogP contribution in [0.4, 0.5) is 0 Å². The first-order valence-corrected chi connectivity index (χ1v) is 5.90. The molecule has 0 amide bonds. The van der Waals surface area contributed by atoms with Gasteiger partial charge in [0.2, 0.25) is 10.0 Å². The number of hydrogen-bond donors (Lipinski definition) is 3. The fraction of sp³-hybridized carbons (Fsp3) is 0.857. The van der Waals surface area contributed by atoms with Gasteiger partial charge in [0, 0.05) is 0 Å². The van der Waals surface area contributed by atoms with Crippen molar-refractivity contribution in [1.82, 2.24) is 4.72 Å². The van der Waals surface area contributed by atoms with Gasteiger partial charge in [0.25, 0.3) is 0 Å². The zero-order chi connectivity index (χ0) is 11.4. The topological polar surface area (TPSA) is 105 Å². The van der Waals surface area contributed by atoms with Crippen LogP contribution in [0.25, 0.3) is 0 Å². The maximum Gasteiger partial charge on any atom is 0.212 e. The van der Waals surface area contributed by atoms with Crippen molar-refractivity contribution in [3.63, 3.8) is 0 Å². The molecule has 0 spiro atoms. The Morgan fingerprint density at radius 2 is 2.07 bits per heavy atom. The molecule has 0 aliphatic heterocycles. The van der Waals surface area contributed by atoms with Crippen LogP contribution in [0.15, 0.2) is 5.16 Å². The van der Waals surface area contributed by atoms with Gasteiger partial charge in [0.05, 0.1) is 11.3 Å². The van der Waals surface area contributed by atoms with Crippen molar-refractivity contribution in [3.8, 4) is 0 Å². The van der Waals surface area contributed by atoms with E-state index >= 15 is 0 Å². The van der Waals surface area contributed by atoms with E-state index in [0.717, 1.165) is 0 Å². The highest BCUT2D eigenvalue weighted by atomic mass is 32.2. The predicted octanol–water partition coefficient (Wildman–Crippen LogP) is -0.159. The third kappa shape index (κ3) is 3.93. The molecule has 0 atom stereocenters. The summed E-state index contributed by atoms with van der Waals surface area (Å²) in [6, 6.07) is 0. The number of oxime groups is 1. The lowest BCUT2D eigenvalue weighted by Crippen LogP contribution is -2.53. The lowest BCUT2D eigenvalue weighted by atomic mass is 10.1. The van der Waals surface area contributed by atoms with E-state index < -0.39 is 15.6 Å². The van der Waals surface area contributed by atoms with Crippen molar-refractivity contribution in [1.29, 1.82) is 0 Å². The van der Waals surface area contributed by atoms with E-state index in [0.29, 0.717) is 6.42 Å². The Kier molecular flexibility index (Phi) is 4.34. The second kappa shape index (κ2) is 4.61. The molecule has 0 fully saturated rings. The van der Waals surface area contributed by atoms with Crippen molar-refractivity contribution in [2.45, 2.75) is 32.7 Å². The molecule has 4 N–H and O–H groups in total. The molecule has 7 heteroatoms. The van der Waals surface area contributed by atoms with Crippen LogP contribution in [0, 0.1) is 0 Å². The van der Waals surface area contributed by atoms with Crippen LogP contribution in [0.2, 0.25) is 0 Å². The van der Waals surface area contributed by atoms with Crippen molar-refractivity contribution in [2.24, 2.45) is 10.9 Å². The smallest absolute Gasteiger partial charge is 0.212 e. The monoisotopic (exact) mass is 223 g/mol. The molecule has 0 aromatic carbocycles. The van der Waals surface area contributed by atoms with Crippen LogP contribution >= 0.6 is 0 Å². The second-order valence-electron chi connectivity index (χ2n) is 3.53. The average molecular weight is 223 g/mol. The van der Waals surface area contributed by atoms with Gasteiger partial charge in [-0.1, -0.05) is 12.1 Å². The minimum absolute atomic E-state index is 0.0230. The molecule has 0 aliphatic rings. The van der Waals surface area contributed by atoms with Gasteiger partial charge in [0.1, 0.15) is 0 Å². The molecular weight excluding hydrogens is 206 g/mol. The summed E-state index contributed by atoms with van der Waals surface area (Å²) in [5, 5.41) is 11.2. The van der Waals surface area contributed by atoms with Gasteiger partial charge in [-0.3, -0.25) is 0 Å². The molecule has 0 aliphatic carbocycles.